The number of hydrogen-bond acceptors (Lipinski definition) is 3. The fraction of sp³-hybridized carbons (Fsp3) is 0.300. The van der Waals surface area contributed by atoms with E-state index in [1.165, 1.54) is 0 Å². The maximum Gasteiger partial charge on any atom is 0.239 e. The third-order valence-corrected chi connectivity index (χ3v) is 2.02. The molecule has 3 N–H and O–H groups in total. The van der Waals surface area contributed by atoms with Crippen LogP contribution in [-0.4, -0.2) is 20.1 Å². The van der Waals surface area contributed by atoms with E-state index in [1.54, 1.807) is 20.2 Å². The molecule has 0 aromatic heterocycles. The van der Waals surface area contributed by atoms with Gasteiger partial charge in [0.25, 0.3) is 0 Å². The number of nitrogens with one attached hydrogen (secondary N) is 1. The zero-order chi connectivity index (χ0) is 10.6. The average molecular weight is 194 g/mol. The second kappa shape index (κ2) is 4.62. The first-order valence-electron chi connectivity index (χ1n) is 4.30. The fourth-order valence-corrected chi connectivity index (χ4v) is 1.36. The van der Waals surface area contributed by atoms with Gasteiger partial charge in [0.05, 0.1) is 7.11 Å². The molecule has 1 aromatic rings. The van der Waals surface area contributed by atoms with Gasteiger partial charge in [0.2, 0.25) is 5.91 Å². The number of hydrogen-bond donors (Lipinski definition) is 2. The van der Waals surface area contributed by atoms with E-state index in [0.717, 1.165) is 5.56 Å². The van der Waals surface area contributed by atoms with Crippen molar-refractivity contribution in [3.8, 4) is 5.75 Å². The average Bonchev–Trinajstić information content (AvgIpc) is 2.19. The van der Waals surface area contributed by atoms with Crippen molar-refractivity contribution in [2.75, 3.05) is 14.2 Å². The third kappa shape index (κ3) is 2.03. The van der Waals surface area contributed by atoms with Crippen molar-refractivity contribution in [3.63, 3.8) is 0 Å². The molecule has 0 aliphatic rings. The van der Waals surface area contributed by atoms with Gasteiger partial charge in [0, 0.05) is 5.56 Å². The minimum atomic E-state index is -0.508. The minimum Gasteiger partial charge on any atom is -0.496 e. The lowest BCUT2D eigenvalue weighted by Gasteiger charge is -2.15. The number of benzene rings is 1. The lowest BCUT2D eigenvalue weighted by Crippen LogP contribution is -2.31. The van der Waals surface area contributed by atoms with Crippen LogP contribution in [0, 0.1) is 0 Å². The van der Waals surface area contributed by atoms with Crippen LogP contribution in [0.5, 0.6) is 5.75 Å². The molecule has 1 atom stereocenters. The van der Waals surface area contributed by atoms with Crippen molar-refractivity contribution in [2.45, 2.75) is 6.04 Å². The smallest absolute Gasteiger partial charge is 0.239 e. The standard InChI is InChI=1S/C10H14N2O2/c1-12-9(10(11)13)7-5-3-4-6-8(7)14-2/h3-6,9,12H,1-2H3,(H2,11,13). The molecule has 1 aromatic carbocycles. The highest BCUT2D eigenvalue weighted by Crippen LogP contribution is 2.23. The van der Waals surface area contributed by atoms with Gasteiger partial charge >= 0.3 is 0 Å². The maximum absolute atomic E-state index is 11.1. The summed E-state index contributed by atoms with van der Waals surface area (Å²) < 4.78 is 5.13. The lowest BCUT2D eigenvalue weighted by molar-refractivity contribution is -0.120. The number of ether oxygens (including phenoxy) is 1. The maximum atomic E-state index is 11.1. The van der Waals surface area contributed by atoms with Crippen molar-refractivity contribution >= 4 is 5.91 Å². The number of rotatable bonds is 4. The highest BCUT2D eigenvalue weighted by Gasteiger charge is 2.18. The Morgan fingerprint density at radius 1 is 1.50 bits per heavy atom. The number of likely N-dealkylation sites (N-methyl/N-ethyl adjacent to an activating group) is 1. The van der Waals surface area contributed by atoms with Crippen LogP contribution < -0.4 is 15.8 Å². The molecule has 0 bridgehead atoms. The zero-order valence-corrected chi connectivity index (χ0v) is 8.28. The van der Waals surface area contributed by atoms with E-state index < -0.39 is 11.9 Å². The van der Waals surface area contributed by atoms with Gasteiger partial charge in [-0.3, -0.25) is 4.79 Å². The predicted octanol–water partition coefficient (Wildman–Crippen LogP) is 0.441. The molecule has 0 aliphatic carbocycles. The molecule has 1 unspecified atom stereocenters. The largest absolute Gasteiger partial charge is 0.496 e. The first-order valence-corrected chi connectivity index (χ1v) is 4.30. The van der Waals surface area contributed by atoms with E-state index in [9.17, 15) is 4.79 Å². The molecule has 0 fully saturated rings. The van der Waals surface area contributed by atoms with Crippen LogP contribution in [0.3, 0.4) is 0 Å². The number of para-hydroxylation sites is 1. The topological polar surface area (TPSA) is 64.3 Å². The summed E-state index contributed by atoms with van der Waals surface area (Å²) in [6, 6.07) is 6.78. The summed E-state index contributed by atoms with van der Waals surface area (Å²) in [5.41, 5.74) is 6.00. The summed E-state index contributed by atoms with van der Waals surface area (Å²) in [7, 11) is 3.24. The Labute approximate surface area is 83.1 Å². The fourth-order valence-electron chi connectivity index (χ4n) is 1.36. The summed E-state index contributed by atoms with van der Waals surface area (Å²) in [4.78, 5) is 11.1. The number of methoxy groups -OCH3 is 1. The molecule has 76 valence electrons. The molecule has 0 spiro atoms. The van der Waals surface area contributed by atoms with E-state index in [2.05, 4.69) is 5.32 Å². The van der Waals surface area contributed by atoms with Crippen molar-refractivity contribution in [1.82, 2.24) is 5.32 Å². The minimum absolute atomic E-state index is 0.419. The van der Waals surface area contributed by atoms with Crippen LogP contribution in [0.2, 0.25) is 0 Å². The van der Waals surface area contributed by atoms with E-state index >= 15 is 0 Å². The number of carbonyl (C=O) groups is 1. The Morgan fingerprint density at radius 3 is 2.64 bits per heavy atom. The van der Waals surface area contributed by atoms with Crippen LogP contribution in [0.1, 0.15) is 11.6 Å². The van der Waals surface area contributed by atoms with E-state index in [0.29, 0.717) is 5.75 Å². The first-order chi connectivity index (χ1) is 6.70. The molecule has 1 amide bonds. The van der Waals surface area contributed by atoms with Crippen molar-refractivity contribution in [3.05, 3.63) is 29.8 Å². The molecule has 0 aliphatic heterocycles. The molecule has 0 radical (unpaired) electrons. The molecule has 1 rings (SSSR count). The van der Waals surface area contributed by atoms with Crippen LogP contribution >= 0.6 is 0 Å². The molecule has 4 heteroatoms. The molecular formula is C10H14N2O2. The molecule has 0 saturated carbocycles. The second-order valence-electron chi connectivity index (χ2n) is 2.87. The van der Waals surface area contributed by atoms with Crippen molar-refractivity contribution in [2.24, 2.45) is 5.73 Å². The summed E-state index contributed by atoms with van der Waals surface area (Å²) in [6.07, 6.45) is 0. The molecule has 0 saturated heterocycles. The van der Waals surface area contributed by atoms with Crippen LogP contribution in [-0.2, 0) is 4.79 Å². The number of carbonyl (C=O) groups excluding carboxylic acids is 1. The Bertz CT molecular complexity index is 326. The summed E-state index contributed by atoms with van der Waals surface area (Å²) in [6.45, 7) is 0. The predicted molar refractivity (Wildman–Crippen MR) is 54.0 cm³/mol. The van der Waals surface area contributed by atoms with Crippen molar-refractivity contribution in [1.29, 1.82) is 0 Å². The number of primary amides is 1. The molecular weight excluding hydrogens is 180 g/mol. The highest BCUT2D eigenvalue weighted by atomic mass is 16.5. The van der Waals surface area contributed by atoms with Gasteiger partial charge in [-0.05, 0) is 13.1 Å². The second-order valence-corrected chi connectivity index (χ2v) is 2.87. The lowest BCUT2D eigenvalue weighted by atomic mass is 10.1. The quantitative estimate of drug-likeness (QED) is 0.731. The van der Waals surface area contributed by atoms with Gasteiger partial charge in [0.15, 0.2) is 0 Å². The van der Waals surface area contributed by atoms with Crippen LogP contribution in [0.25, 0.3) is 0 Å². The molecule has 4 nitrogen and oxygen atoms in total. The molecule has 14 heavy (non-hydrogen) atoms. The highest BCUT2D eigenvalue weighted by molar-refractivity contribution is 5.82. The first kappa shape index (κ1) is 10.5. The van der Waals surface area contributed by atoms with E-state index in [1.807, 2.05) is 18.2 Å². The summed E-state index contributed by atoms with van der Waals surface area (Å²) in [5, 5.41) is 2.84. The Kier molecular flexibility index (Phi) is 3.48. The van der Waals surface area contributed by atoms with Gasteiger partial charge in [-0.2, -0.15) is 0 Å². The van der Waals surface area contributed by atoms with Gasteiger partial charge in [0.1, 0.15) is 11.8 Å². The monoisotopic (exact) mass is 194 g/mol. The Morgan fingerprint density at radius 2 is 2.14 bits per heavy atom. The van der Waals surface area contributed by atoms with Gasteiger partial charge in [-0.15, -0.1) is 0 Å². The van der Waals surface area contributed by atoms with Gasteiger partial charge in [-0.1, -0.05) is 18.2 Å². The number of nitrogens with two attached hydrogens (primary N) is 1. The van der Waals surface area contributed by atoms with Crippen LogP contribution in [0.4, 0.5) is 0 Å². The van der Waals surface area contributed by atoms with Gasteiger partial charge < -0.3 is 15.8 Å². The number of amides is 1. The summed E-state index contributed by atoms with van der Waals surface area (Å²) >= 11 is 0. The van der Waals surface area contributed by atoms with Crippen LogP contribution in [0.15, 0.2) is 24.3 Å². The SMILES string of the molecule is CNC(C(N)=O)c1ccccc1OC. The van der Waals surface area contributed by atoms with Gasteiger partial charge in [-0.25, -0.2) is 0 Å². The summed E-state index contributed by atoms with van der Waals surface area (Å²) in [5.74, 6) is 0.239. The van der Waals surface area contributed by atoms with E-state index in [4.69, 9.17) is 10.5 Å². The third-order valence-electron chi connectivity index (χ3n) is 2.02. The Balaban J connectivity index is 3.08. The Hall–Kier alpha value is -1.55. The zero-order valence-electron chi connectivity index (χ0n) is 8.28. The van der Waals surface area contributed by atoms with E-state index in [-0.39, 0.29) is 0 Å². The normalized spacial score (nSPS) is 12.1. The van der Waals surface area contributed by atoms with Crippen molar-refractivity contribution < 1.29 is 9.53 Å². The molecule has 0 heterocycles.